The summed E-state index contributed by atoms with van der Waals surface area (Å²) in [5.41, 5.74) is 2.00. The molecule has 0 radical (unpaired) electrons. The van der Waals surface area contributed by atoms with E-state index in [0.29, 0.717) is 24.5 Å². The number of ether oxygens (including phenoxy) is 1. The van der Waals surface area contributed by atoms with Gasteiger partial charge in [-0.05, 0) is 31.0 Å². The molecular formula is C17H17ClO2. The quantitative estimate of drug-likeness (QED) is 0.785. The van der Waals surface area contributed by atoms with Crippen LogP contribution in [0.25, 0.3) is 0 Å². The second-order valence-electron chi connectivity index (χ2n) is 4.69. The van der Waals surface area contributed by atoms with Crippen molar-refractivity contribution < 1.29 is 9.53 Å². The fourth-order valence-electron chi connectivity index (χ4n) is 1.93. The summed E-state index contributed by atoms with van der Waals surface area (Å²) in [7, 11) is 0. The Kier molecular flexibility index (Phi) is 5.19. The van der Waals surface area contributed by atoms with Crippen molar-refractivity contribution in [2.45, 2.75) is 26.4 Å². The van der Waals surface area contributed by atoms with Crippen molar-refractivity contribution in [3.05, 3.63) is 64.7 Å². The van der Waals surface area contributed by atoms with Gasteiger partial charge in [0.2, 0.25) is 0 Å². The second-order valence-corrected chi connectivity index (χ2v) is 5.10. The fourth-order valence-corrected chi connectivity index (χ4v) is 2.12. The molecule has 0 aliphatic rings. The number of para-hydroxylation sites is 1. The summed E-state index contributed by atoms with van der Waals surface area (Å²) < 4.78 is 5.84. The Morgan fingerprint density at radius 3 is 2.40 bits per heavy atom. The van der Waals surface area contributed by atoms with Crippen molar-refractivity contribution in [2.75, 3.05) is 0 Å². The van der Waals surface area contributed by atoms with E-state index < -0.39 is 0 Å². The highest BCUT2D eigenvalue weighted by Crippen LogP contribution is 2.23. The van der Waals surface area contributed by atoms with Gasteiger partial charge in [-0.2, -0.15) is 0 Å². The number of carbonyl (C=O) groups excluding carboxylic acids is 1. The van der Waals surface area contributed by atoms with E-state index in [-0.39, 0.29) is 5.78 Å². The Balaban J connectivity index is 2.06. The lowest BCUT2D eigenvalue weighted by Gasteiger charge is -2.11. The molecule has 0 saturated heterocycles. The summed E-state index contributed by atoms with van der Waals surface area (Å²) in [5.74, 6) is 1.000. The molecule has 0 fully saturated rings. The summed E-state index contributed by atoms with van der Waals surface area (Å²) in [4.78, 5) is 11.1. The number of halogens is 1. The van der Waals surface area contributed by atoms with Crippen LogP contribution in [0.1, 0.15) is 24.5 Å². The maximum absolute atomic E-state index is 11.1. The van der Waals surface area contributed by atoms with E-state index in [1.165, 1.54) is 0 Å². The molecule has 104 valence electrons. The number of benzene rings is 2. The number of rotatable bonds is 6. The summed E-state index contributed by atoms with van der Waals surface area (Å²) >= 11 is 6.11. The average Bonchev–Trinajstić information content (AvgIpc) is 2.45. The van der Waals surface area contributed by atoms with Crippen molar-refractivity contribution in [1.29, 1.82) is 0 Å². The lowest BCUT2D eigenvalue weighted by atomic mass is 10.1. The van der Waals surface area contributed by atoms with Crippen LogP contribution in [0.2, 0.25) is 5.02 Å². The predicted molar refractivity (Wildman–Crippen MR) is 81.2 cm³/mol. The molecule has 3 heteroatoms. The van der Waals surface area contributed by atoms with Crippen molar-refractivity contribution >= 4 is 17.4 Å². The molecule has 2 aromatic carbocycles. The van der Waals surface area contributed by atoms with Crippen LogP contribution in [-0.2, 0) is 17.8 Å². The maximum Gasteiger partial charge on any atom is 0.130 e. The minimum atomic E-state index is 0.186. The standard InChI is InChI=1S/C17H17ClO2/c1-13(19)10-11-14-6-3-5-9-17(14)20-12-15-7-2-4-8-16(15)18/h2-9H,10-12H2,1H3. The first kappa shape index (κ1) is 14.6. The highest BCUT2D eigenvalue weighted by Gasteiger charge is 2.06. The summed E-state index contributed by atoms with van der Waals surface area (Å²) in [6, 6.07) is 15.4. The third-order valence-corrected chi connectivity index (χ3v) is 3.43. The first-order valence-electron chi connectivity index (χ1n) is 6.60. The van der Waals surface area contributed by atoms with Gasteiger partial charge in [-0.1, -0.05) is 48.0 Å². The summed E-state index contributed by atoms with van der Waals surface area (Å²) in [5, 5.41) is 0.703. The first-order valence-corrected chi connectivity index (χ1v) is 6.98. The zero-order valence-corrected chi connectivity index (χ0v) is 12.2. The molecular weight excluding hydrogens is 272 g/mol. The third kappa shape index (κ3) is 4.10. The smallest absolute Gasteiger partial charge is 0.130 e. The van der Waals surface area contributed by atoms with Gasteiger partial charge in [-0.3, -0.25) is 0 Å². The van der Waals surface area contributed by atoms with Crippen LogP contribution in [0, 0.1) is 0 Å². The van der Waals surface area contributed by atoms with E-state index in [0.717, 1.165) is 16.9 Å². The van der Waals surface area contributed by atoms with Crippen molar-refractivity contribution in [3.63, 3.8) is 0 Å². The summed E-state index contributed by atoms with van der Waals surface area (Å²) in [6.07, 6.45) is 1.24. The van der Waals surface area contributed by atoms with Crippen LogP contribution in [0.3, 0.4) is 0 Å². The van der Waals surface area contributed by atoms with Crippen LogP contribution in [0.5, 0.6) is 5.75 Å². The Morgan fingerprint density at radius 1 is 1.05 bits per heavy atom. The monoisotopic (exact) mass is 288 g/mol. The topological polar surface area (TPSA) is 26.3 Å². The predicted octanol–water partition coefficient (Wildman–Crippen LogP) is 4.44. The minimum absolute atomic E-state index is 0.186. The van der Waals surface area contributed by atoms with E-state index in [9.17, 15) is 4.79 Å². The number of hydrogen-bond donors (Lipinski definition) is 0. The summed E-state index contributed by atoms with van der Waals surface area (Å²) in [6.45, 7) is 2.03. The second kappa shape index (κ2) is 7.11. The SMILES string of the molecule is CC(=O)CCc1ccccc1OCc1ccccc1Cl. The van der Waals surface area contributed by atoms with Gasteiger partial charge in [0.1, 0.15) is 18.1 Å². The minimum Gasteiger partial charge on any atom is -0.489 e. The maximum atomic E-state index is 11.1. The number of hydrogen-bond acceptors (Lipinski definition) is 2. The molecule has 0 aliphatic carbocycles. The van der Waals surface area contributed by atoms with Gasteiger partial charge < -0.3 is 9.53 Å². The molecule has 0 aliphatic heterocycles. The van der Waals surface area contributed by atoms with Crippen LogP contribution in [0.4, 0.5) is 0 Å². The van der Waals surface area contributed by atoms with E-state index in [1.807, 2.05) is 48.5 Å². The van der Waals surface area contributed by atoms with Crippen LogP contribution >= 0.6 is 11.6 Å². The van der Waals surface area contributed by atoms with Gasteiger partial charge in [0.05, 0.1) is 0 Å². The van der Waals surface area contributed by atoms with Crippen LogP contribution in [-0.4, -0.2) is 5.78 Å². The normalized spacial score (nSPS) is 10.3. The van der Waals surface area contributed by atoms with Gasteiger partial charge >= 0.3 is 0 Å². The lowest BCUT2D eigenvalue weighted by molar-refractivity contribution is -0.116. The Bertz CT molecular complexity index is 593. The van der Waals surface area contributed by atoms with E-state index in [2.05, 4.69) is 0 Å². The molecule has 0 aromatic heterocycles. The van der Waals surface area contributed by atoms with Crippen molar-refractivity contribution in [1.82, 2.24) is 0 Å². The molecule has 0 heterocycles. The number of aryl methyl sites for hydroxylation is 1. The fraction of sp³-hybridized carbons (Fsp3) is 0.235. The van der Waals surface area contributed by atoms with Crippen molar-refractivity contribution in [2.24, 2.45) is 0 Å². The Hall–Kier alpha value is -1.80. The third-order valence-electron chi connectivity index (χ3n) is 3.06. The largest absolute Gasteiger partial charge is 0.489 e. The molecule has 0 N–H and O–H groups in total. The van der Waals surface area contributed by atoms with Crippen LogP contribution in [0.15, 0.2) is 48.5 Å². The van der Waals surface area contributed by atoms with Gasteiger partial charge in [0.25, 0.3) is 0 Å². The van der Waals surface area contributed by atoms with Gasteiger partial charge in [0, 0.05) is 17.0 Å². The van der Waals surface area contributed by atoms with E-state index in [4.69, 9.17) is 16.3 Å². The van der Waals surface area contributed by atoms with Crippen molar-refractivity contribution in [3.8, 4) is 5.75 Å². The average molecular weight is 289 g/mol. The molecule has 20 heavy (non-hydrogen) atoms. The molecule has 2 rings (SSSR count). The Morgan fingerprint density at radius 2 is 1.70 bits per heavy atom. The van der Waals surface area contributed by atoms with Crippen LogP contribution < -0.4 is 4.74 Å². The highest BCUT2D eigenvalue weighted by molar-refractivity contribution is 6.31. The molecule has 0 amide bonds. The molecule has 2 aromatic rings. The zero-order chi connectivity index (χ0) is 14.4. The van der Waals surface area contributed by atoms with Gasteiger partial charge in [-0.15, -0.1) is 0 Å². The van der Waals surface area contributed by atoms with Gasteiger partial charge in [0.15, 0.2) is 0 Å². The molecule has 0 saturated carbocycles. The molecule has 0 atom stereocenters. The highest BCUT2D eigenvalue weighted by atomic mass is 35.5. The number of Topliss-reactive ketones (excluding diaryl/α,β-unsaturated/α-hetero) is 1. The molecule has 0 bridgehead atoms. The zero-order valence-electron chi connectivity index (χ0n) is 11.4. The molecule has 0 spiro atoms. The number of ketones is 1. The van der Waals surface area contributed by atoms with Gasteiger partial charge in [-0.25, -0.2) is 0 Å². The van der Waals surface area contributed by atoms with E-state index in [1.54, 1.807) is 6.92 Å². The van der Waals surface area contributed by atoms with E-state index >= 15 is 0 Å². The first-order chi connectivity index (χ1) is 9.66. The Labute approximate surface area is 124 Å². The molecule has 0 unspecified atom stereocenters. The number of carbonyl (C=O) groups is 1. The lowest BCUT2D eigenvalue weighted by Crippen LogP contribution is -2.01. The molecule has 2 nitrogen and oxygen atoms in total.